The van der Waals surface area contributed by atoms with E-state index in [9.17, 15) is 18.8 Å². The van der Waals surface area contributed by atoms with Crippen LogP contribution in [0.1, 0.15) is 49.8 Å². The number of carbonyl (C=O) groups excluding carboxylic acids is 3. The number of piperazine rings is 1. The highest BCUT2D eigenvalue weighted by Crippen LogP contribution is 2.32. The van der Waals surface area contributed by atoms with E-state index in [4.69, 9.17) is 4.74 Å². The zero-order valence-corrected chi connectivity index (χ0v) is 18.6. The molecule has 1 N–H and O–H groups in total. The van der Waals surface area contributed by atoms with E-state index in [2.05, 4.69) is 22.6 Å². The van der Waals surface area contributed by atoms with E-state index in [1.807, 2.05) is 0 Å². The summed E-state index contributed by atoms with van der Waals surface area (Å²) in [6.45, 7) is 2.89. The Morgan fingerprint density at radius 3 is 2.73 bits per heavy atom. The number of amides is 3. The van der Waals surface area contributed by atoms with Gasteiger partial charge in [0.2, 0.25) is 17.7 Å². The summed E-state index contributed by atoms with van der Waals surface area (Å²) in [6, 6.07) is 4.98. The predicted octanol–water partition coefficient (Wildman–Crippen LogP) is 1.82. The summed E-state index contributed by atoms with van der Waals surface area (Å²) < 4.78 is 21.6. The molecule has 2 heterocycles. The van der Waals surface area contributed by atoms with Crippen molar-refractivity contribution in [3.8, 4) is 5.75 Å². The Morgan fingerprint density at radius 1 is 1.27 bits per heavy atom. The zero-order valence-electron chi connectivity index (χ0n) is 18.6. The lowest BCUT2D eigenvalue weighted by Gasteiger charge is -2.25. The predicted molar refractivity (Wildman–Crippen MR) is 116 cm³/mol. The molecule has 9 nitrogen and oxygen atoms in total. The molecule has 3 amide bonds. The van der Waals surface area contributed by atoms with Crippen molar-refractivity contribution in [3.05, 3.63) is 41.5 Å². The number of rotatable bonds is 10. The SMILES string of the molecule is CC[C@@H](Cn1nncc1CCC(=O)N1CC(=O)NC(=O)C1)c1ccc(F)c(OCC2CC2)c1. The Bertz CT molecular complexity index is 1020. The number of halogens is 1. The normalized spacial score (nSPS) is 17.1. The van der Waals surface area contributed by atoms with Crippen molar-refractivity contribution in [3.63, 3.8) is 0 Å². The van der Waals surface area contributed by atoms with Crippen LogP contribution in [0.25, 0.3) is 0 Å². The molecule has 1 aliphatic carbocycles. The third-order valence-electron chi connectivity index (χ3n) is 6.08. The number of hydrogen-bond donors (Lipinski definition) is 1. The summed E-state index contributed by atoms with van der Waals surface area (Å²) in [6.07, 6.45) is 5.21. The van der Waals surface area contributed by atoms with Gasteiger partial charge < -0.3 is 9.64 Å². The lowest BCUT2D eigenvalue weighted by molar-refractivity contribution is -0.145. The topological polar surface area (TPSA) is 106 Å². The van der Waals surface area contributed by atoms with Crippen LogP contribution in [0, 0.1) is 11.7 Å². The first-order chi connectivity index (χ1) is 15.9. The summed E-state index contributed by atoms with van der Waals surface area (Å²) in [7, 11) is 0. The maximum Gasteiger partial charge on any atom is 0.246 e. The minimum atomic E-state index is -0.475. The highest BCUT2D eigenvalue weighted by Gasteiger charge is 2.26. The van der Waals surface area contributed by atoms with E-state index >= 15 is 0 Å². The highest BCUT2D eigenvalue weighted by atomic mass is 19.1. The van der Waals surface area contributed by atoms with Crippen LogP contribution in [0.3, 0.4) is 0 Å². The van der Waals surface area contributed by atoms with Gasteiger partial charge in [-0.05, 0) is 49.3 Å². The van der Waals surface area contributed by atoms with E-state index in [-0.39, 0.29) is 42.9 Å². The molecule has 1 saturated heterocycles. The lowest BCUT2D eigenvalue weighted by atomic mass is 9.96. The van der Waals surface area contributed by atoms with Gasteiger partial charge in [-0.25, -0.2) is 9.07 Å². The van der Waals surface area contributed by atoms with E-state index < -0.39 is 11.8 Å². The average molecular weight is 458 g/mol. The number of nitrogens with one attached hydrogen (secondary N) is 1. The van der Waals surface area contributed by atoms with E-state index in [0.29, 0.717) is 25.5 Å². The second-order valence-corrected chi connectivity index (χ2v) is 8.68. The van der Waals surface area contributed by atoms with Crippen LogP contribution in [0.4, 0.5) is 4.39 Å². The molecule has 1 aliphatic heterocycles. The number of aromatic nitrogens is 3. The van der Waals surface area contributed by atoms with E-state index in [1.54, 1.807) is 23.0 Å². The van der Waals surface area contributed by atoms with Gasteiger partial charge >= 0.3 is 0 Å². The monoisotopic (exact) mass is 457 g/mol. The molecule has 1 aromatic carbocycles. The third-order valence-corrected chi connectivity index (χ3v) is 6.08. The van der Waals surface area contributed by atoms with Crippen molar-refractivity contribution in [2.24, 2.45) is 5.92 Å². The fraction of sp³-hybridized carbons (Fsp3) is 0.522. The van der Waals surface area contributed by atoms with Crippen molar-refractivity contribution >= 4 is 17.7 Å². The maximum atomic E-state index is 14.2. The van der Waals surface area contributed by atoms with Gasteiger partial charge in [-0.15, -0.1) is 5.10 Å². The van der Waals surface area contributed by atoms with Crippen LogP contribution < -0.4 is 10.1 Å². The Balaban J connectivity index is 1.38. The van der Waals surface area contributed by atoms with Crippen LogP contribution in [-0.4, -0.2) is 57.3 Å². The Morgan fingerprint density at radius 2 is 2.03 bits per heavy atom. The molecule has 33 heavy (non-hydrogen) atoms. The molecule has 10 heteroatoms. The van der Waals surface area contributed by atoms with Crippen LogP contribution in [0.15, 0.2) is 24.4 Å². The maximum absolute atomic E-state index is 14.2. The van der Waals surface area contributed by atoms with Gasteiger partial charge in [0.15, 0.2) is 11.6 Å². The number of imide groups is 1. The lowest BCUT2D eigenvalue weighted by Crippen LogP contribution is -2.53. The summed E-state index contributed by atoms with van der Waals surface area (Å²) in [4.78, 5) is 36.7. The summed E-state index contributed by atoms with van der Waals surface area (Å²) >= 11 is 0. The van der Waals surface area contributed by atoms with Gasteiger partial charge in [-0.2, -0.15) is 0 Å². The summed E-state index contributed by atoms with van der Waals surface area (Å²) in [5, 5.41) is 10.3. The zero-order chi connectivity index (χ0) is 23.4. The quantitative estimate of drug-likeness (QED) is 0.546. The molecule has 2 fully saturated rings. The molecule has 4 rings (SSSR count). The van der Waals surface area contributed by atoms with Crippen LogP contribution in [-0.2, 0) is 27.3 Å². The largest absolute Gasteiger partial charge is 0.490 e. The summed E-state index contributed by atoms with van der Waals surface area (Å²) in [5.74, 6) is -0.703. The highest BCUT2D eigenvalue weighted by molar-refractivity contribution is 6.02. The Kier molecular flexibility index (Phi) is 7.00. The number of nitrogens with zero attached hydrogens (tertiary/aromatic N) is 4. The van der Waals surface area contributed by atoms with Crippen LogP contribution in [0.2, 0.25) is 0 Å². The number of ether oxygens (including phenoxy) is 1. The second kappa shape index (κ2) is 10.1. The fourth-order valence-electron chi connectivity index (χ4n) is 3.89. The van der Waals surface area contributed by atoms with Gasteiger partial charge in [0, 0.05) is 18.9 Å². The molecule has 2 aliphatic rings. The first-order valence-corrected chi connectivity index (χ1v) is 11.3. The van der Waals surface area contributed by atoms with Crippen molar-refractivity contribution in [2.75, 3.05) is 19.7 Å². The standard InChI is InChI=1S/C23H28FN5O4/c1-2-16(17-5-7-19(24)20(9-17)33-14-15-3-4-15)11-29-18(10-25-27-29)6-8-23(32)28-12-21(30)26-22(31)13-28/h5,7,9-10,15-16H,2-4,6,8,11-14H2,1H3,(H,26,30,31)/t16-/m0/s1. The molecule has 0 spiro atoms. The van der Waals surface area contributed by atoms with Gasteiger partial charge in [-0.1, -0.05) is 18.2 Å². The van der Waals surface area contributed by atoms with E-state index in [0.717, 1.165) is 30.5 Å². The number of benzene rings is 1. The van der Waals surface area contributed by atoms with Crippen LogP contribution in [0.5, 0.6) is 5.75 Å². The third kappa shape index (κ3) is 5.94. The fourth-order valence-corrected chi connectivity index (χ4v) is 3.89. The molecule has 0 bridgehead atoms. The van der Waals surface area contributed by atoms with Gasteiger partial charge in [0.05, 0.1) is 18.5 Å². The van der Waals surface area contributed by atoms with Gasteiger partial charge in [0.1, 0.15) is 13.1 Å². The Labute approximate surface area is 191 Å². The molecule has 1 aromatic heterocycles. The number of hydrogen-bond acceptors (Lipinski definition) is 6. The first-order valence-electron chi connectivity index (χ1n) is 11.3. The molecule has 1 saturated carbocycles. The molecule has 0 unspecified atom stereocenters. The van der Waals surface area contributed by atoms with Crippen molar-refractivity contribution in [1.82, 2.24) is 25.2 Å². The molecule has 176 valence electrons. The van der Waals surface area contributed by atoms with Crippen molar-refractivity contribution in [2.45, 2.75) is 51.5 Å². The minimum Gasteiger partial charge on any atom is -0.490 e. The number of carbonyl (C=O) groups is 3. The smallest absolute Gasteiger partial charge is 0.246 e. The average Bonchev–Trinajstić information content (AvgIpc) is 3.52. The Hall–Kier alpha value is -3.30. The van der Waals surface area contributed by atoms with E-state index in [1.165, 1.54) is 11.0 Å². The molecular formula is C23H28FN5O4. The molecule has 1 atom stereocenters. The van der Waals surface area contributed by atoms with Crippen molar-refractivity contribution < 1.29 is 23.5 Å². The first kappa shape index (κ1) is 22.9. The van der Waals surface area contributed by atoms with Gasteiger partial charge in [0.25, 0.3) is 0 Å². The van der Waals surface area contributed by atoms with Gasteiger partial charge in [-0.3, -0.25) is 19.7 Å². The molecule has 2 aromatic rings. The molecule has 0 radical (unpaired) electrons. The number of aryl methyl sites for hydroxylation is 1. The second-order valence-electron chi connectivity index (χ2n) is 8.68. The van der Waals surface area contributed by atoms with Crippen LogP contribution >= 0.6 is 0 Å². The van der Waals surface area contributed by atoms with Crippen molar-refractivity contribution in [1.29, 1.82) is 0 Å². The summed E-state index contributed by atoms with van der Waals surface area (Å²) in [5.41, 5.74) is 1.74. The molecular weight excluding hydrogens is 429 g/mol. The minimum absolute atomic E-state index is 0.0634.